The Morgan fingerprint density at radius 1 is 0.775 bits per heavy atom. The van der Waals surface area contributed by atoms with Gasteiger partial charge in [-0.1, -0.05) is 58.4 Å². The fourth-order valence-corrected chi connectivity index (χ4v) is 4.83. The third-order valence-electron chi connectivity index (χ3n) is 5.92. The van der Waals surface area contributed by atoms with Crippen molar-refractivity contribution in [2.24, 2.45) is 0 Å². The van der Waals surface area contributed by atoms with Crippen LogP contribution in [-0.4, -0.2) is 23.0 Å². The van der Waals surface area contributed by atoms with E-state index < -0.39 is 5.91 Å². The van der Waals surface area contributed by atoms with Crippen molar-refractivity contribution in [3.05, 3.63) is 130 Å². The van der Waals surface area contributed by atoms with Crippen LogP contribution in [0.25, 0.3) is 6.08 Å². The van der Waals surface area contributed by atoms with Crippen molar-refractivity contribution >= 4 is 62.9 Å². The number of rotatable bonds is 9. The van der Waals surface area contributed by atoms with Crippen molar-refractivity contribution in [3.63, 3.8) is 0 Å². The van der Waals surface area contributed by atoms with Gasteiger partial charge in [-0.15, -0.1) is 11.8 Å². The molecule has 0 aliphatic carbocycles. The SMILES string of the molecule is Cc1ccccc1/C=C(\NC(=O)c1ccccc1)C(=O)Nc1ccc(SC(C)C(=O)Nc2ccc(Br)cc2)cc1. The molecule has 0 bridgehead atoms. The van der Waals surface area contributed by atoms with E-state index in [9.17, 15) is 14.4 Å². The Morgan fingerprint density at radius 2 is 1.38 bits per heavy atom. The molecular formula is C32H28BrN3O3S. The van der Waals surface area contributed by atoms with Crippen LogP contribution in [0.4, 0.5) is 11.4 Å². The molecule has 40 heavy (non-hydrogen) atoms. The zero-order chi connectivity index (χ0) is 28.5. The molecule has 6 nitrogen and oxygen atoms in total. The molecule has 0 heterocycles. The Bertz CT molecular complexity index is 1520. The lowest BCUT2D eigenvalue weighted by molar-refractivity contribution is -0.115. The Kier molecular flexibility index (Phi) is 9.94. The number of carbonyl (C=O) groups excluding carboxylic acids is 3. The number of amides is 3. The summed E-state index contributed by atoms with van der Waals surface area (Å²) in [5, 5.41) is 8.21. The van der Waals surface area contributed by atoms with E-state index in [2.05, 4.69) is 31.9 Å². The molecule has 0 saturated carbocycles. The van der Waals surface area contributed by atoms with Crippen molar-refractivity contribution in [2.45, 2.75) is 24.0 Å². The van der Waals surface area contributed by atoms with Crippen LogP contribution in [0.15, 0.2) is 118 Å². The first-order valence-electron chi connectivity index (χ1n) is 12.6. The van der Waals surface area contributed by atoms with Crippen LogP contribution in [0.1, 0.15) is 28.4 Å². The van der Waals surface area contributed by atoms with Crippen molar-refractivity contribution in [2.75, 3.05) is 10.6 Å². The largest absolute Gasteiger partial charge is 0.325 e. The van der Waals surface area contributed by atoms with Gasteiger partial charge in [-0.05, 0) is 91.7 Å². The molecule has 0 aliphatic rings. The molecule has 202 valence electrons. The topological polar surface area (TPSA) is 87.3 Å². The number of nitrogens with one attached hydrogen (secondary N) is 3. The molecular weight excluding hydrogens is 586 g/mol. The number of carbonyl (C=O) groups is 3. The Morgan fingerprint density at radius 3 is 2.05 bits per heavy atom. The molecule has 0 fully saturated rings. The lowest BCUT2D eigenvalue weighted by atomic mass is 10.1. The highest BCUT2D eigenvalue weighted by Gasteiger charge is 2.17. The molecule has 1 unspecified atom stereocenters. The second-order valence-electron chi connectivity index (χ2n) is 8.97. The smallest absolute Gasteiger partial charge is 0.272 e. The van der Waals surface area contributed by atoms with Gasteiger partial charge < -0.3 is 16.0 Å². The van der Waals surface area contributed by atoms with E-state index in [4.69, 9.17) is 0 Å². The van der Waals surface area contributed by atoms with E-state index in [-0.39, 0.29) is 22.8 Å². The van der Waals surface area contributed by atoms with E-state index in [1.807, 2.05) is 80.6 Å². The Labute approximate surface area is 246 Å². The summed E-state index contributed by atoms with van der Waals surface area (Å²) in [5.41, 5.74) is 3.66. The first kappa shape index (κ1) is 28.9. The monoisotopic (exact) mass is 613 g/mol. The van der Waals surface area contributed by atoms with Crippen LogP contribution < -0.4 is 16.0 Å². The van der Waals surface area contributed by atoms with E-state index >= 15 is 0 Å². The quantitative estimate of drug-likeness (QED) is 0.137. The van der Waals surface area contributed by atoms with E-state index in [1.54, 1.807) is 42.5 Å². The maximum atomic E-state index is 13.3. The number of hydrogen-bond acceptors (Lipinski definition) is 4. The highest BCUT2D eigenvalue weighted by atomic mass is 79.9. The first-order valence-corrected chi connectivity index (χ1v) is 14.2. The highest BCUT2D eigenvalue weighted by molar-refractivity contribution is 9.10. The summed E-state index contributed by atoms with van der Waals surface area (Å²) in [6.07, 6.45) is 1.67. The molecule has 0 aliphatic heterocycles. The third kappa shape index (κ3) is 8.18. The van der Waals surface area contributed by atoms with Gasteiger partial charge in [0.05, 0.1) is 5.25 Å². The zero-order valence-electron chi connectivity index (χ0n) is 22.0. The third-order valence-corrected chi connectivity index (χ3v) is 7.56. The second kappa shape index (κ2) is 13.8. The van der Waals surface area contributed by atoms with Crippen molar-refractivity contribution in [1.29, 1.82) is 0 Å². The summed E-state index contributed by atoms with van der Waals surface area (Å²) in [7, 11) is 0. The molecule has 4 aromatic rings. The second-order valence-corrected chi connectivity index (χ2v) is 11.3. The van der Waals surface area contributed by atoms with Crippen LogP contribution >= 0.6 is 27.7 Å². The van der Waals surface area contributed by atoms with E-state index in [0.717, 1.165) is 26.2 Å². The van der Waals surface area contributed by atoms with Gasteiger partial charge in [0.1, 0.15) is 5.70 Å². The summed E-state index contributed by atoms with van der Waals surface area (Å²) in [4.78, 5) is 39.6. The Hall–Kier alpha value is -4.14. The van der Waals surface area contributed by atoms with Crippen molar-refractivity contribution in [1.82, 2.24) is 5.32 Å². The lowest BCUT2D eigenvalue weighted by Crippen LogP contribution is -2.30. The number of halogens is 1. The van der Waals surface area contributed by atoms with Gasteiger partial charge in [0.25, 0.3) is 11.8 Å². The van der Waals surface area contributed by atoms with Crippen LogP contribution in [0, 0.1) is 6.92 Å². The van der Waals surface area contributed by atoms with Crippen LogP contribution in [0.3, 0.4) is 0 Å². The summed E-state index contributed by atoms with van der Waals surface area (Å²) in [6, 6.07) is 31.0. The van der Waals surface area contributed by atoms with Gasteiger partial charge in [0.15, 0.2) is 0 Å². The number of aryl methyl sites for hydroxylation is 1. The minimum Gasteiger partial charge on any atom is -0.325 e. The minimum absolute atomic E-state index is 0.107. The average molecular weight is 615 g/mol. The van der Waals surface area contributed by atoms with Crippen molar-refractivity contribution in [3.8, 4) is 0 Å². The van der Waals surface area contributed by atoms with Crippen molar-refractivity contribution < 1.29 is 14.4 Å². The number of thioether (sulfide) groups is 1. The van der Waals surface area contributed by atoms with Gasteiger partial charge in [0.2, 0.25) is 5.91 Å². The summed E-state index contributed by atoms with van der Waals surface area (Å²) in [6.45, 7) is 3.78. The van der Waals surface area contributed by atoms with Gasteiger partial charge in [-0.2, -0.15) is 0 Å². The molecule has 0 saturated heterocycles. The number of anilines is 2. The molecule has 0 aromatic heterocycles. The van der Waals surface area contributed by atoms with Gasteiger partial charge in [-0.25, -0.2) is 0 Å². The maximum Gasteiger partial charge on any atom is 0.272 e. The number of hydrogen-bond donors (Lipinski definition) is 3. The van der Waals surface area contributed by atoms with Gasteiger partial charge in [0, 0.05) is 26.3 Å². The molecule has 4 rings (SSSR count). The summed E-state index contributed by atoms with van der Waals surface area (Å²) < 4.78 is 0.941. The van der Waals surface area contributed by atoms with Crippen LogP contribution in [0.2, 0.25) is 0 Å². The molecule has 8 heteroatoms. The molecule has 4 aromatic carbocycles. The molecule has 3 N–H and O–H groups in total. The standard InChI is InChI=1S/C32H28BrN3O3S/c1-21-8-6-7-11-24(21)20-29(36-31(38)23-9-4-3-5-10-23)32(39)35-27-16-18-28(19-17-27)40-22(2)30(37)34-26-14-12-25(33)13-15-26/h3-20,22H,1-2H3,(H,34,37)(H,35,39)(H,36,38)/b29-20-. The molecule has 0 radical (unpaired) electrons. The first-order chi connectivity index (χ1) is 19.3. The van der Waals surface area contributed by atoms with Gasteiger partial charge in [-0.3, -0.25) is 14.4 Å². The predicted octanol–water partition coefficient (Wildman–Crippen LogP) is 7.29. The fraction of sp³-hybridized carbons (Fsp3) is 0.0938. The minimum atomic E-state index is -0.449. The van der Waals surface area contributed by atoms with Crippen LogP contribution in [0.5, 0.6) is 0 Å². The number of benzene rings is 4. The normalized spacial score (nSPS) is 11.8. The van der Waals surface area contributed by atoms with Crippen LogP contribution in [-0.2, 0) is 9.59 Å². The van der Waals surface area contributed by atoms with E-state index in [1.165, 1.54) is 11.8 Å². The predicted molar refractivity (Wildman–Crippen MR) is 166 cm³/mol. The molecule has 1 atom stereocenters. The zero-order valence-corrected chi connectivity index (χ0v) is 24.4. The molecule has 0 spiro atoms. The van der Waals surface area contributed by atoms with E-state index in [0.29, 0.717) is 11.3 Å². The highest BCUT2D eigenvalue weighted by Crippen LogP contribution is 2.26. The fourth-order valence-electron chi connectivity index (χ4n) is 3.70. The van der Waals surface area contributed by atoms with Gasteiger partial charge >= 0.3 is 0 Å². The molecule has 3 amide bonds. The Balaban J connectivity index is 1.43. The summed E-state index contributed by atoms with van der Waals surface area (Å²) >= 11 is 4.80. The lowest BCUT2D eigenvalue weighted by Gasteiger charge is -2.14. The summed E-state index contributed by atoms with van der Waals surface area (Å²) in [5.74, 6) is -0.933. The maximum absolute atomic E-state index is 13.3. The average Bonchev–Trinajstić information content (AvgIpc) is 2.96.